The molecule has 0 N–H and O–H groups in total. The first-order valence-electron chi connectivity index (χ1n) is 11.5. The normalized spacial score (nSPS) is 20.4. The Labute approximate surface area is 202 Å². The predicted octanol–water partition coefficient (Wildman–Crippen LogP) is 6.07. The molecule has 2 aromatic rings. The van der Waals surface area contributed by atoms with Gasteiger partial charge in [-0.3, -0.25) is 14.5 Å². The van der Waals surface area contributed by atoms with E-state index in [1.807, 2.05) is 0 Å². The summed E-state index contributed by atoms with van der Waals surface area (Å²) in [6.07, 6.45) is -0.563. The monoisotopic (exact) mass is 493 g/mol. The van der Waals surface area contributed by atoms with Gasteiger partial charge in [0.1, 0.15) is 5.75 Å². The second-order valence-electron chi connectivity index (χ2n) is 9.27. The van der Waals surface area contributed by atoms with Gasteiger partial charge in [-0.1, -0.05) is 18.0 Å². The number of carbonyl (C=O) groups excluding carboxylic acids is 2. The average Bonchev–Trinajstić information content (AvgIpc) is 2.77. The largest absolute Gasteiger partial charge is 0.493 e. The summed E-state index contributed by atoms with van der Waals surface area (Å²) in [4.78, 5) is 28.5. The van der Waals surface area contributed by atoms with Crippen molar-refractivity contribution in [2.75, 3.05) is 26.2 Å². The zero-order valence-electron chi connectivity index (χ0n) is 18.7. The van der Waals surface area contributed by atoms with Crippen LogP contribution in [-0.2, 0) is 11.0 Å². The number of rotatable bonds is 8. The number of benzene rings is 2. The second-order valence-corrected chi connectivity index (χ2v) is 9.71. The Morgan fingerprint density at radius 2 is 1.71 bits per heavy atom. The van der Waals surface area contributed by atoms with E-state index in [4.69, 9.17) is 16.3 Å². The number of hydrogen-bond acceptors (Lipinski definition) is 4. The Bertz CT molecular complexity index is 1020. The van der Waals surface area contributed by atoms with Gasteiger partial charge in [0.15, 0.2) is 11.6 Å². The fourth-order valence-electron chi connectivity index (χ4n) is 4.78. The molecule has 1 saturated carbocycles. The lowest BCUT2D eigenvalue weighted by Gasteiger charge is -2.41. The summed E-state index contributed by atoms with van der Waals surface area (Å²) in [5.41, 5.74) is -1.14. The van der Waals surface area contributed by atoms with Crippen molar-refractivity contribution in [2.45, 2.75) is 38.3 Å². The summed E-state index contributed by atoms with van der Waals surface area (Å²) in [6, 6.07) is 11.4. The van der Waals surface area contributed by atoms with Crippen LogP contribution in [-0.4, -0.2) is 42.7 Å². The molecule has 182 valence electrons. The van der Waals surface area contributed by atoms with Gasteiger partial charge >= 0.3 is 6.18 Å². The van der Waals surface area contributed by atoms with Gasteiger partial charge in [0.25, 0.3) is 0 Å². The molecule has 8 heteroatoms. The van der Waals surface area contributed by atoms with Gasteiger partial charge in [-0.05, 0) is 80.8 Å². The molecule has 4 rings (SSSR count). The molecule has 1 unspecified atom stereocenters. The van der Waals surface area contributed by atoms with Gasteiger partial charge in [-0.15, -0.1) is 0 Å². The van der Waals surface area contributed by atoms with E-state index in [1.165, 1.54) is 12.1 Å². The van der Waals surface area contributed by atoms with E-state index in [2.05, 4.69) is 4.90 Å². The molecular formula is C26H27ClF3NO3. The average molecular weight is 494 g/mol. The Kier molecular flexibility index (Phi) is 7.33. The fourth-order valence-corrected chi connectivity index (χ4v) is 4.91. The summed E-state index contributed by atoms with van der Waals surface area (Å²) in [6.45, 7) is 2.01. The quantitative estimate of drug-likeness (QED) is 0.330. The summed E-state index contributed by atoms with van der Waals surface area (Å²) in [5.74, 6) is 0.388. The molecule has 0 spiro atoms. The van der Waals surface area contributed by atoms with Crippen LogP contribution in [0.5, 0.6) is 5.75 Å². The topological polar surface area (TPSA) is 46.6 Å². The fraction of sp³-hybridized carbons (Fsp3) is 0.462. The number of halogens is 4. The van der Waals surface area contributed by atoms with Crippen LogP contribution in [0.3, 0.4) is 0 Å². The molecular weight excluding hydrogens is 467 g/mol. The van der Waals surface area contributed by atoms with Crippen molar-refractivity contribution in [1.82, 2.24) is 4.90 Å². The van der Waals surface area contributed by atoms with E-state index in [9.17, 15) is 22.8 Å². The zero-order valence-corrected chi connectivity index (χ0v) is 19.5. The second kappa shape index (κ2) is 10.1. The van der Waals surface area contributed by atoms with Crippen molar-refractivity contribution < 1.29 is 27.5 Å². The van der Waals surface area contributed by atoms with Crippen LogP contribution in [0.15, 0.2) is 48.5 Å². The molecule has 0 aromatic heterocycles. The highest BCUT2D eigenvalue weighted by atomic mass is 35.5. The first-order chi connectivity index (χ1) is 16.2. The molecule has 0 amide bonds. The molecule has 2 aliphatic rings. The Balaban J connectivity index is 1.32. The number of piperidine rings is 1. The first kappa shape index (κ1) is 24.7. The maximum Gasteiger partial charge on any atom is 0.416 e. The number of nitrogens with zero attached hydrogens (tertiary/aromatic N) is 1. The maximum absolute atomic E-state index is 13.3. The van der Waals surface area contributed by atoms with Crippen molar-refractivity contribution in [3.05, 3.63) is 64.7 Å². The van der Waals surface area contributed by atoms with Crippen molar-refractivity contribution in [3.63, 3.8) is 0 Å². The minimum atomic E-state index is -4.37. The van der Waals surface area contributed by atoms with Crippen molar-refractivity contribution in [2.24, 2.45) is 11.3 Å². The predicted molar refractivity (Wildman–Crippen MR) is 123 cm³/mol. The summed E-state index contributed by atoms with van der Waals surface area (Å²) >= 11 is 5.93. The van der Waals surface area contributed by atoms with Crippen LogP contribution in [0.4, 0.5) is 13.2 Å². The highest BCUT2D eigenvalue weighted by molar-refractivity contribution is 6.30. The molecule has 1 atom stereocenters. The van der Waals surface area contributed by atoms with Gasteiger partial charge in [0, 0.05) is 23.0 Å². The van der Waals surface area contributed by atoms with E-state index >= 15 is 0 Å². The molecule has 34 heavy (non-hydrogen) atoms. The van der Waals surface area contributed by atoms with Crippen LogP contribution in [0.25, 0.3) is 0 Å². The molecule has 1 aliphatic carbocycles. The lowest BCUT2D eigenvalue weighted by Crippen LogP contribution is -2.51. The number of ether oxygens (including phenoxy) is 1. The molecule has 1 saturated heterocycles. The van der Waals surface area contributed by atoms with E-state index in [0.717, 1.165) is 37.9 Å². The lowest BCUT2D eigenvalue weighted by molar-refractivity contribution is -0.137. The zero-order chi connectivity index (χ0) is 24.3. The van der Waals surface area contributed by atoms with Crippen LogP contribution >= 0.6 is 11.6 Å². The van der Waals surface area contributed by atoms with Crippen LogP contribution < -0.4 is 4.74 Å². The first-order valence-corrected chi connectivity index (χ1v) is 11.9. The summed E-state index contributed by atoms with van der Waals surface area (Å²) in [7, 11) is 0. The number of alkyl halides is 3. The highest BCUT2D eigenvalue weighted by Gasteiger charge is 2.50. The summed E-state index contributed by atoms with van der Waals surface area (Å²) in [5, 5.41) is 0.545. The maximum atomic E-state index is 13.3. The molecule has 0 bridgehead atoms. The molecule has 2 aromatic carbocycles. The third kappa shape index (κ3) is 5.47. The molecule has 4 nitrogen and oxygen atoms in total. The number of Topliss-reactive ketones (excluding diaryl/α,β-unsaturated/α-hetero) is 2. The smallest absolute Gasteiger partial charge is 0.416 e. The standard InChI is InChI=1S/C26H27ClF3NO3/c27-21-8-4-19(5-9-21)24(33)25(12-2-13-25)23(32)16-31-14-1-3-18(15-31)17-34-22-10-6-20(7-11-22)26(28,29)30/h4-11,18H,1-3,12-17H2. The molecule has 1 aliphatic heterocycles. The van der Waals surface area contributed by atoms with Crippen LogP contribution in [0.2, 0.25) is 5.02 Å². The van der Waals surface area contributed by atoms with Gasteiger partial charge in [0.05, 0.1) is 24.1 Å². The summed E-state index contributed by atoms with van der Waals surface area (Å²) < 4.78 is 43.9. The van der Waals surface area contributed by atoms with E-state index in [0.29, 0.717) is 42.3 Å². The highest BCUT2D eigenvalue weighted by Crippen LogP contribution is 2.45. The third-order valence-corrected chi connectivity index (χ3v) is 7.17. The number of ketones is 2. The van der Waals surface area contributed by atoms with Gasteiger partial charge in [-0.25, -0.2) is 0 Å². The number of hydrogen-bond donors (Lipinski definition) is 0. The Morgan fingerprint density at radius 1 is 1.03 bits per heavy atom. The van der Waals surface area contributed by atoms with Crippen LogP contribution in [0, 0.1) is 11.3 Å². The lowest BCUT2D eigenvalue weighted by atomic mass is 9.62. The minimum absolute atomic E-state index is 0.0389. The van der Waals surface area contributed by atoms with Gasteiger partial charge in [0.2, 0.25) is 0 Å². The van der Waals surface area contributed by atoms with Crippen molar-refractivity contribution in [3.8, 4) is 5.75 Å². The van der Waals surface area contributed by atoms with Crippen molar-refractivity contribution in [1.29, 1.82) is 0 Å². The Hall–Kier alpha value is -2.38. The SMILES string of the molecule is O=C(CN1CCCC(COc2ccc(C(F)(F)F)cc2)C1)C1(C(=O)c2ccc(Cl)cc2)CCC1. The molecule has 2 fully saturated rings. The van der Waals surface area contributed by atoms with E-state index < -0.39 is 17.2 Å². The third-order valence-electron chi connectivity index (χ3n) is 6.92. The Morgan fingerprint density at radius 3 is 2.29 bits per heavy atom. The van der Waals surface area contributed by atoms with Crippen LogP contribution in [0.1, 0.15) is 48.0 Å². The van der Waals surface area contributed by atoms with Gasteiger partial charge < -0.3 is 4.74 Å². The van der Waals surface area contributed by atoms with Crippen molar-refractivity contribution >= 4 is 23.2 Å². The minimum Gasteiger partial charge on any atom is -0.493 e. The van der Waals surface area contributed by atoms with E-state index in [-0.39, 0.29) is 24.0 Å². The van der Waals surface area contributed by atoms with Gasteiger partial charge in [-0.2, -0.15) is 13.2 Å². The molecule has 0 radical (unpaired) electrons. The number of likely N-dealkylation sites (tertiary alicyclic amines) is 1. The molecule has 1 heterocycles. The number of carbonyl (C=O) groups is 2. The van der Waals surface area contributed by atoms with E-state index in [1.54, 1.807) is 24.3 Å².